The van der Waals surface area contributed by atoms with Crippen molar-refractivity contribution in [3.63, 3.8) is 0 Å². The topological polar surface area (TPSA) is 158 Å². The summed E-state index contributed by atoms with van der Waals surface area (Å²) in [6.07, 6.45) is 3.60. The molecular formula is C46H47ClN10O3S2. The zero-order valence-corrected chi connectivity index (χ0v) is 37.5. The Morgan fingerprint density at radius 1 is 0.742 bits per heavy atom. The van der Waals surface area contributed by atoms with Crippen LogP contribution in [0, 0.1) is 20.8 Å². The van der Waals surface area contributed by atoms with Crippen molar-refractivity contribution in [3.8, 4) is 22.8 Å². The Morgan fingerprint density at radius 2 is 1.26 bits per heavy atom. The molecule has 0 radical (unpaired) electrons. The molecule has 0 saturated carbocycles. The van der Waals surface area contributed by atoms with E-state index < -0.39 is 5.24 Å². The van der Waals surface area contributed by atoms with Gasteiger partial charge in [0.15, 0.2) is 0 Å². The Morgan fingerprint density at radius 3 is 1.69 bits per heavy atom. The van der Waals surface area contributed by atoms with Crippen molar-refractivity contribution in [1.29, 1.82) is 0 Å². The van der Waals surface area contributed by atoms with E-state index in [4.69, 9.17) is 26.3 Å². The van der Waals surface area contributed by atoms with Gasteiger partial charge in [-0.1, -0.05) is 29.4 Å². The first-order valence-corrected chi connectivity index (χ1v) is 23.0. The lowest BCUT2D eigenvalue weighted by atomic mass is 9.96. The quantitative estimate of drug-likeness (QED) is 0.118. The number of aryl methyl sites for hydroxylation is 5. The molecule has 13 nitrogen and oxygen atoms in total. The maximum Gasteiger partial charge on any atom is 0.258 e. The summed E-state index contributed by atoms with van der Waals surface area (Å²) in [5.41, 5.74) is 12.0. The van der Waals surface area contributed by atoms with E-state index in [1.54, 1.807) is 24.5 Å². The minimum Gasteiger partial charge on any atom is -0.369 e. The van der Waals surface area contributed by atoms with E-state index >= 15 is 0 Å². The molecule has 2 atom stereocenters. The van der Waals surface area contributed by atoms with Crippen LogP contribution in [-0.2, 0) is 13.1 Å². The molecule has 1 amide bonds. The molecule has 5 aromatic heterocycles. The van der Waals surface area contributed by atoms with Gasteiger partial charge in [0.1, 0.15) is 23.0 Å². The van der Waals surface area contributed by atoms with E-state index in [9.17, 15) is 9.59 Å². The number of carbonyl (C=O) groups is 2. The second-order valence-electron chi connectivity index (χ2n) is 14.8. The van der Waals surface area contributed by atoms with Crippen LogP contribution in [0.1, 0.15) is 84.1 Å². The van der Waals surface area contributed by atoms with E-state index in [1.807, 2.05) is 120 Å². The summed E-state index contributed by atoms with van der Waals surface area (Å²) < 4.78 is 9.16. The fraction of sp³-hybridized carbons (Fsp3) is 0.283. The standard InChI is InChI=1S/C25H26N6O2S.C21H21ClN4OS/c1-4-31-24-21(22(29-31)19-7-5-6-10-26-19)23(34-12-11-27-24)18-9-8-17(13-15(18)2)25(32)28-20-14-16(3)30-33-20;1-3-26-21-17(18(25-26)16-6-4-5-9-23-16)19(28-11-10-24-21)15-8-7-14(20(22)27)12-13(15)2/h5-10,13-14,23,27H,4,11-12H2,1-3H3,(H,28,32);4-9,12,19,24H,3,10-11H2,1-2H3. The van der Waals surface area contributed by atoms with Gasteiger partial charge in [-0.25, -0.2) is 9.36 Å². The fourth-order valence-corrected chi connectivity index (χ4v) is 10.5. The van der Waals surface area contributed by atoms with Crippen molar-refractivity contribution >= 4 is 63.8 Å². The molecule has 0 fully saturated rings. The Labute approximate surface area is 373 Å². The van der Waals surface area contributed by atoms with Crippen molar-refractivity contribution in [2.45, 2.75) is 58.2 Å². The molecule has 16 heteroatoms. The highest BCUT2D eigenvalue weighted by Crippen LogP contribution is 2.48. The van der Waals surface area contributed by atoms with Crippen molar-refractivity contribution in [3.05, 3.63) is 141 Å². The monoisotopic (exact) mass is 886 g/mol. The van der Waals surface area contributed by atoms with Crippen LogP contribution < -0.4 is 16.0 Å². The highest BCUT2D eigenvalue weighted by Gasteiger charge is 2.32. The number of nitrogens with one attached hydrogen (secondary N) is 3. The number of hydrogen-bond acceptors (Lipinski definition) is 12. The second kappa shape index (κ2) is 19.0. The molecule has 2 unspecified atom stereocenters. The molecule has 7 aromatic rings. The van der Waals surface area contributed by atoms with Gasteiger partial charge in [0.25, 0.3) is 11.1 Å². The van der Waals surface area contributed by atoms with Crippen LogP contribution in [0.2, 0.25) is 0 Å². The summed E-state index contributed by atoms with van der Waals surface area (Å²) in [4.78, 5) is 33.4. The highest BCUT2D eigenvalue weighted by atomic mass is 35.5. The number of amides is 1. The molecule has 0 aliphatic carbocycles. The lowest BCUT2D eigenvalue weighted by molar-refractivity contribution is 0.102. The molecule has 0 spiro atoms. The number of aromatic nitrogens is 7. The Kier molecular flexibility index (Phi) is 13.1. The van der Waals surface area contributed by atoms with Gasteiger partial charge < -0.3 is 15.2 Å². The lowest BCUT2D eigenvalue weighted by Crippen LogP contribution is -2.12. The number of hydrogen-bond donors (Lipinski definition) is 3. The maximum atomic E-state index is 12.8. The van der Waals surface area contributed by atoms with E-state index in [0.29, 0.717) is 22.7 Å². The number of pyridine rings is 2. The SMILES string of the molecule is CCn1nc(-c2ccccn2)c2c1NCCSC2c1ccc(C(=O)Cl)cc1C.CCn1nc(-c2ccccn2)c2c1NCCSC2c1ccc(C(=O)Nc2cc(C)no2)cc1C. The van der Waals surface area contributed by atoms with Gasteiger partial charge in [0, 0.05) is 78.4 Å². The van der Waals surface area contributed by atoms with Gasteiger partial charge in [-0.3, -0.25) is 24.9 Å². The Hall–Kier alpha value is -5.90. The third-order valence-corrected chi connectivity index (χ3v) is 13.5. The zero-order chi connectivity index (χ0) is 43.3. The number of benzene rings is 2. The van der Waals surface area contributed by atoms with E-state index in [1.165, 1.54) is 5.56 Å². The summed E-state index contributed by atoms with van der Waals surface area (Å²) in [7, 11) is 0. The number of anilines is 3. The van der Waals surface area contributed by atoms with Crippen LogP contribution in [0.3, 0.4) is 0 Å². The smallest absolute Gasteiger partial charge is 0.258 e. The summed E-state index contributed by atoms with van der Waals surface area (Å²) in [6, 6.07) is 25.0. The van der Waals surface area contributed by atoms with Gasteiger partial charge in [0.2, 0.25) is 5.88 Å². The molecule has 62 heavy (non-hydrogen) atoms. The average molecular weight is 888 g/mol. The first-order valence-electron chi connectivity index (χ1n) is 20.6. The van der Waals surface area contributed by atoms with Gasteiger partial charge in [-0.05, 0) is 117 Å². The predicted molar refractivity (Wildman–Crippen MR) is 250 cm³/mol. The summed E-state index contributed by atoms with van der Waals surface area (Å²) in [5.74, 6) is 4.13. The zero-order valence-electron chi connectivity index (χ0n) is 35.1. The molecule has 318 valence electrons. The first kappa shape index (κ1) is 42.8. The summed E-state index contributed by atoms with van der Waals surface area (Å²) in [6.45, 7) is 13.4. The number of carbonyl (C=O) groups excluding carboxylic acids is 2. The van der Waals surface area contributed by atoms with Gasteiger partial charge in [0.05, 0.1) is 27.6 Å². The second-order valence-corrected chi connectivity index (χ2v) is 17.6. The fourth-order valence-electron chi connectivity index (χ4n) is 7.82. The van der Waals surface area contributed by atoms with Gasteiger partial charge >= 0.3 is 0 Å². The van der Waals surface area contributed by atoms with Gasteiger partial charge in [-0.15, -0.1) is 23.5 Å². The van der Waals surface area contributed by atoms with Crippen LogP contribution >= 0.6 is 35.1 Å². The lowest BCUT2D eigenvalue weighted by Gasteiger charge is -2.19. The van der Waals surface area contributed by atoms with Gasteiger partial charge in [-0.2, -0.15) is 10.2 Å². The first-order chi connectivity index (χ1) is 30.1. The van der Waals surface area contributed by atoms with E-state index in [0.717, 1.165) is 99.9 Å². The summed E-state index contributed by atoms with van der Waals surface area (Å²) >= 11 is 9.43. The number of nitrogens with zero attached hydrogens (tertiary/aromatic N) is 7. The van der Waals surface area contributed by atoms with Crippen molar-refractivity contribution in [2.75, 3.05) is 40.5 Å². The predicted octanol–water partition coefficient (Wildman–Crippen LogP) is 9.97. The molecule has 0 saturated heterocycles. The minimum absolute atomic E-state index is 0.0661. The number of fused-ring (bicyclic) bond motifs is 2. The third kappa shape index (κ3) is 8.88. The number of halogens is 1. The van der Waals surface area contributed by atoms with Crippen LogP contribution in [0.5, 0.6) is 0 Å². The molecule has 2 aliphatic heterocycles. The van der Waals surface area contributed by atoms with Crippen molar-refractivity contribution < 1.29 is 14.1 Å². The molecular weight excluding hydrogens is 840 g/mol. The van der Waals surface area contributed by atoms with Crippen LogP contribution in [0.25, 0.3) is 22.8 Å². The number of thioether (sulfide) groups is 2. The Bertz CT molecular complexity index is 2720. The van der Waals surface area contributed by atoms with Crippen molar-refractivity contribution in [1.82, 2.24) is 34.7 Å². The molecule has 2 aliphatic rings. The molecule has 9 rings (SSSR count). The molecule has 3 N–H and O–H groups in total. The maximum absolute atomic E-state index is 12.8. The highest BCUT2D eigenvalue weighted by molar-refractivity contribution is 8.00. The third-order valence-electron chi connectivity index (χ3n) is 10.7. The van der Waals surface area contributed by atoms with Crippen LogP contribution in [0.4, 0.5) is 17.5 Å². The normalized spacial score (nSPS) is 15.7. The van der Waals surface area contributed by atoms with Crippen molar-refractivity contribution in [2.24, 2.45) is 0 Å². The van der Waals surface area contributed by atoms with Crippen LogP contribution in [-0.4, -0.2) is 70.4 Å². The largest absolute Gasteiger partial charge is 0.369 e. The minimum atomic E-state index is -0.432. The molecule has 0 bridgehead atoms. The Balaban J connectivity index is 0.000000174. The molecule has 7 heterocycles. The van der Waals surface area contributed by atoms with E-state index in [-0.39, 0.29) is 16.4 Å². The average Bonchev–Trinajstić information content (AvgIpc) is 3.88. The molecule has 2 aromatic carbocycles. The summed E-state index contributed by atoms with van der Waals surface area (Å²) in [5, 5.41) is 23.3. The van der Waals surface area contributed by atoms with E-state index in [2.05, 4.69) is 44.9 Å². The number of rotatable bonds is 9. The van der Waals surface area contributed by atoms with Crippen LogP contribution in [0.15, 0.2) is 95.8 Å².